The minimum atomic E-state index is -0.421. The molecule has 0 unspecified atom stereocenters. The summed E-state index contributed by atoms with van der Waals surface area (Å²) in [7, 11) is 0. The van der Waals surface area contributed by atoms with Gasteiger partial charge in [-0.1, -0.05) is 60.7 Å². The molecule has 0 radical (unpaired) electrons. The van der Waals surface area contributed by atoms with E-state index in [1.54, 1.807) is 12.1 Å². The summed E-state index contributed by atoms with van der Waals surface area (Å²) in [6.07, 6.45) is 3.96. The van der Waals surface area contributed by atoms with Crippen LogP contribution in [0.25, 0.3) is 17.2 Å². The predicted molar refractivity (Wildman–Crippen MR) is 116 cm³/mol. The third kappa shape index (κ3) is 4.23. The Hall–Kier alpha value is -3.91. The van der Waals surface area contributed by atoms with Gasteiger partial charge in [0.1, 0.15) is 18.4 Å². The van der Waals surface area contributed by atoms with Crippen LogP contribution in [-0.4, -0.2) is 24.2 Å². The molecule has 0 atom stereocenters. The van der Waals surface area contributed by atoms with E-state index in [4.69, 9.17) is 10.00 Å². The first-order valence-electron chi connectivity index (χ1n) is 9.89. The Balaban J connectivity index is 1.27. The number of hydrogen-bond acceptors (Lipinski definition) is 4. The van der Waals surface area contributed by atoms with Gasteiger partial charge >= 0.3 is 6.09 Å². The fraction of sp³-hybridized carbons (Fsp3) is 0.160. The molecule has 0 bridgehead atoms. The smallest absolute Gasteiger partial charge is 0.407 e. The Morgan fingerprint density at radius 3 is 2.43 bits per heavy atom. The van der Waals surface area contributed by atoms with Gasteiger partial charge in [-0.15, -0.1) is 0 Å². The minimum Gasteiger partial charge on any atom is -0.449 e. The predicted octanol–water partition coefficient (Wildman–Crippen LogP) is 4.90. The number of carbonyl (C=O) groups excluding carboxylic acids is 1. The van der Waals surface area contributed by atoms with Crippen molar-refractivity contribution >= 4 is 12.2 Å². The molecule has 3 aromatic rings. The molecule has 148 valence electrons. The molecule has 2 aromatic carbocycles. The summed E-state index contributed by atoms with van der Waals surface area (Å²) < 4.78 is 5.51. The number of nitriles is 1. The quantitative estimate of drug-likeness (QED) is 0.603. The molecular weight excluding hydrogens is 374 g/mol. The molecule has 1 amide bonds. The van der Waals surface area contributed by atoms with Crippen molar-refractivity contribution in [2.45, 2.75) is 12.3 Å². The van der Waals surface area contributed by atoms with E-state index in [1.807, 2.05) is 48.6 Å². The molecular formula is C25H21N3O2. The highest BCUT2D eigenvalue weighted by atomic mass is 16.5. The van der Waals surface area contributed by atoms with Crippen LogP contribution in [0.4, 0.5) is 4.79 Å². The first kappa shape index (κ1) is 19.4. The normalized spacial score (nSPS) is 12.2. The Morgan fingerprint density at radius 1 is 1.03 bits per heavy atom. The molecule has 0 aliphatic heterocycles. The number of alkyl carbamates (subject to hydrolysis) is 1. The van der Waals surface area contributed by atoms with Gasteiger partial charge in [0.15, 0.2) is 0 Å². The molecule has 1 N–H and O–H groups in total. The number of hydrogen-bond donors (Lipinski definition) is 1. The molecule has 0 saturated heterocycles. The fourth-order valence-electron chi connectivity index (χ4n) is 3.72. The molecule has 4 rings (SSSR count). The van der Waals surface area contributed by atoms with Crippen LogP contribution in [-0.2, 0) is 4.74 Å². The highest BCUT2D eigenvalue weighted by Gasteiger charge is 2.28. The average molecular weight is 395 g/mol. The number of carbonyl (C=O) groups is 1. The van der Waals surface area contributed by atoms with E-state index in [0.717, 1.165) is 5.69 Å². The van der Waals surface area contributed by atoms with Crippen LogP contribution in [0.15, 0.2) is 72.8 Å². The lowest BCUT2D eigenvalue weighted by molar-refractivity contribution is 0.143. The maximum Gasteiger partial charge on any atom is 0.407 e. The van der Waals surface area contributed by atoms with Crippen LogP contribution in [0.1, 0.15) is 34.9 Å². The molecule has 30 heavy (non-hydrogen) atoms. The number of rotatable bonds is 6. The summed E-state index contributed by atoms with van der Waals surface area (Å²) in [5.41, 5.74) is 5.91. The number of nitrogens with zero attached hydrogens (tertiary/aromatic N) is 2. The highest BCUT2D eigenvalue weighted by molar-refractivity contribution is 5.79. The van der Waals surface area contributed by atoms with Crippen LogP contribution in [0, 0.1) is 11.3 Å². The number of aromatic nitrogens is 1. The third-order valence-corrected chi connectivity index (χ3v) is 5.10. The zero-order chi connectivity index (χ0) is 20.8. The van der Waals surface area contributed by atoms with Crippen LogP contribution >= 0.6 is 0 Å². The van der Waals surface area contributed by atoms with Crippen molar-refractivity contribution in [2.75, 3.05) is 13.2 Å². The van der Waals surface area contributed by atoms with Crippen LogP contribution < -0.4 is 5.32 Å². The lowest BCUT2D eigenvalue weighted by Gasteiger charge is -2.14. The number of benzene rings is 2. The largest absolute Gasteiger partial charge is 0.449 e. The maximum atomic E-state index is 12.1. The zero-order valence-corrected chi connectivity index (χ0v) is 16.4. The molecule has 5 nitrogen and oxygen atoms in total. The van der Waals surface area contributed by atoms with E-state index < -0.39 is 6.09 Å². The molecule has 1 heterocycles. The summed E-state index contributed by atoms with van der Waals surface area (Å²) in [4.78, 5) is 16.3. The topological polar surface area (TPSA) is 75.0 Å². The van der Waals surface area contributed by atoms with Crippen LogP contribution in [0.3, 0.4) is 0 Å². The third-order valence-electron chi connectivity index (χ3n) is 5.10. The van der Waals surface area contributed by atoms with E-state index >= 15 is 0 Å². The maximum absolute atomic E-state index is 12.1. The van der Waals surface area contributed by atoms with Crippen molar-refractivity contribution in [1.29, 1.82) is 5.26 Å². The summed E-state index contributed by atoms with van der Waals surface area (Å²) in [6.45, 7) is 0.770. The summed E-state index contributed by atoms with van der Waals surface area (Å²) >= 11 is 0. The monoisotopic (exact) mass is 395 g/mol. The van der Waals surface area contributed by atoms with Crippen molar-refractivity contribution in [3.8, 4) is 17.2 Å². The van der Waals surface area contributed by atoms with Gasteiger partial charge in [-0.3, -0.25) is 0 Å². The number of fused-ring (bicyclic) bond motifs is 3. The lowest BCUT2D eigenvalue weighted by atomic mass is 9.98. The van der Waals surface area contributed by atoms with Crippen molar-refractivity contribution in [2.24, 2.45) is 0 Å². The van der Waals surface area contributed by atoms with Crippen LogP contribution in [0.2, 0.25) is 0 Å². The second kappa shape index (κ2) is 9.06. The summed E-state index contributed by atoms with van der Waals surface area (Å²) in [5, 5.41) is 11.7. The first-order chi connectivity index (χ1) is 14.8. The number of ether oxygens (including phenoxy) is 1. The summed E-state index contributed by atoms with van der Waals surface area (Å²) in [5.74, 6) is 0.0570. The lowest BCUT2D eigenvalue weighted by Crippen LogP contribution is -2.26. The minimum absolute atomic E-state index is 0.0570. The van der Waals surface area contributed by atoms with E-state index in [2.05, 4.69) is 34.6 Å². The number of amides is 1. The highest BCUT2D eigenvalue weighted by Crippen LogP contribution is 2.44. The second-order valence-corrected chi connectivity index (χ2v) is 7.00. The Morgan fingerprint density at radius 2 is 1.73 bits per heavy atom. The van der Waals surface area contributed by atoms with Gasteiger partial charge in [-0.05, 0) is 46.9 Å². The number of nitrogens with one attached hydrogen (secondary N) is 1. The molecule has 0 fully saturated rings. The van der Waals surface area contributed by atoms with Crippen molar-refractivity contribution < 1.29 is 9.53 Å². The van der Waals surface area contributed by atoms with Crippen molar-refractivity contribution in [3.05, 3.63) is 95.3 Å². The SMILES string of the molecule is N#Cc1cccc(C=CCCNC(=O)OCC2c3ccccc3-c3ccccc32)n1. The molecule has 0 saturated carbocycles. The average Bonchev–Trinajstić information content (AvgIpc) is 3.11. The van der Waals surface area contributed by atoms with Gasteiger partial charge in [0.05, 0.1) is 5.69 Å². The Kier molecular flexibility index (Phi) is 5.86. The van der Waals surface area contributed by atoms with Gasteiger partial charge in [-0.2, -0.15) is 5.26 Å². The van der Waals surface area contributed by atoms with E-state index in [9.17, 15) is 4.79 Å². The van der Waals surface area contributed by atoms with Gasteiger partial charge in [0.25, 0.3) is 0 Å². The molecule has 1 aromatic heterocycles. The van der Waals surface area contributed by atoms with Crippen molar-refractivity contribution in [1.82, 2.24) is 10.3 Å². The fourth-order valence-corrected chi connectivity index (χ4v) is 3.72. The van der Waals surface area contributed by atoms with Gasteiger partial charge in [0.2, 0.25) is 0 Å². The molecule has 1 aliphatic rings. The summed E-state index contributed by atoms with van der Waals surface area (Å²) in [6, 6.07) is 23.8. The van der Waals surface area contributed by atoms with E-state index in [1.165, 1.54) is 22.3 Å². The van der Waals surface area contributed by atoms with Crippen molar-refractivity contribution in [3.63, 3.8) is 0 Å². The van der Waals surface area contributed by atoms with Crippen LogP contribution in [0.5, 0.6) is 0 Å². The standard InChI is InChI=1S/C25H21N3O2/c26-16-19-10-7-9-18(28-19)8-5-6-15-27-25(29)30-17-24-22-13-3-1-11-20(22)21-12-2-4-14-23(21)24/h1-5,7-14,24H,6,15,17H2,(H,27,29). The Bertz CT molecular complexity index is 1090. The van der Waals surface area contributed by atoms with E-state index in [-0.39, 0.29) is 5.92 Å². The zero-order valence-electron chi connectivity index (χ0n) is 16.4. The Labute approximate surface area is 175 Å². The second-order valence-electron chi connectivity index (χ2n) is 7.00. The van der Waals surface area contributed by atoms with Gasteiger partial charge in [0, 0.05) is 12.5 Å². The molecule has 5 heteroatoms. The molecule has 1 aliphatic carbocycles. The van der Waals surface area contributed by atoms with Gasteiger partial charge in [-0.25, -0.2) is 9.78 Å². The number of pyridine rings is 1. The van der Waals surface area contributed by atoms with Gasteiger partial charge < -0.3 is 10.1 Å². The molecule has 0 spiro atoms. The van der Waals surface area contributed by atoms with E-state index in [0.29, 0.717) is 25.3 Å². The first-order valence-corrected chi connectivity index (χ1v) is 9.89.